The minimum absolute atomic E-state index is 0.201. The van der Waals surface area contributed by atoms with Crippen LogP contribution in [-0.2, 0) is 0 Å². The van der Waals surface area contributed by atoms with E-state index in [1.165, 1.54) is 23.5 Å². The molecule has 2 aromatic rings. The molecule has 214 valence electrons. The van der Waals surface area contributed by atoms with Crippen molar-refractivity contribution < 1.29 is 0 Å². The number of allylic oxidation sites excluding steroid dienone is 4. The van der Waals surface area contributed by atoms with Gasteiger partial charge in [0.25, 0.3) is 0 Å². The van der Waals surface area contributed by atoms with Gasteiger partial charge in [0, 0.05) is 6.16 Å². The molecule has 0 heterocycles. The summed E-state index contributed by atoms with van der Waals surface area (Å²) in [5.41, 5.74) is 7.12. The first kappa shape index (κ1) is 32.7. The smallest absolute Gasteiger partial charge is 0.0728 e. The van der Waals surface area contributed by atoms with E-state index in [0.29, 0.717) is 15.9 Å². The zero-order valence-corrected chi connectivity index (χ0v) is 31.4. The molecule has 0 spiro atoms. The Morgan fingerprint density at radius 1 is 0.667 bits per heavy atom. The summed E-state index contributed by atoms with van der Waals surface area (Å²) in [5, 5.41) is 5.61. The van der Waals surface area contributed by atoms with E-state index in [9.17, 15) is 0 Å². The van der Waals surface area contributed by atoms with Crippen LogP contribution in [0.3, 0.4) is 0 Å². The van der Waals surface area contributed by atoms with Gasteiger partial charge in [0.15, 0.2) is 0 Å². The Kier molecular flexibility index (Phi) is 9.93. The zero-order chi connectivity index (χ0) is 29.6. The van der Waals surface area contributed by atoms with Crippen molar-refractivity contribution in [2.45, 2.75) is 111 Å². The number of rotatable bonds is 8. The van der Waals surface area contributed by atoms with Gasteiger partial charge in [-0.2, -0.15) is 0 Å². The summed E-state index contributed by atoms with van der Waals surface area (Å²) in [6.45, 7) is 35.3. The Hall–Kier alpha value is -0.786. The molecule has 0 fully saturated rings. The number of aryl methyl sites for hydroxylation is 2. The van der Waals surface area contributed by atoms with Crippen molar-refractivity contribution in [2.24, 2.45) is 0 Å². The van der Waals surface area contributed by atoms with Crippen molar-refractivity contribution >= 4 is 42.6 Å². The molecule has 0 aliphatic heterocycles. The second-order valence-corrected chi connectivity index (χ2v) is 32.2. The van der Waals surface area contributed by atoms with E-state index in [4.69, 9.17) is 0 Å². The summed E-state index contributed by atoms with van der Waals surface area (Å²) in [4.78, 5) is 0. The topological polar surface area (TPSA) is 0 Å². The molecule has 2 aromatic carbocycles. The maximum atomic E-state index is 2.77. The Bertz CT molecular complexity index is 1170. The highest BCUT2D eigenvalue weighted by Gasteiger charge is 2.45. The molecule has 0 bridgehead atoms. The van der Waals surface area contributed by atoms with E-state index in [0.717, 1.165) is 0 Å². The van der Waals surface area contributed by atoms with Gasteiger partial charge >= 0.3 is 0 Å². The van der Waals surface area contributed by atoms with Gasteiger partial charge in [-0.1, -0.05) is 154 Å². The Morgan fingerprint density at radius 2 is 1.10 bits per heavy atom. The molecule has 0 N–H and O–H groups in total. The highest BCUT2D eigenvalue weighted by atomic mass is 31.1. The van der Waals surface area contributed by atoms with Crippen molar-refractivity contribution in [3.63, 3.8) is 0 Å². The molecule has 0 saturated carbocycles. The minimum Gasteiger partial charge on any atom is -0.0915 e. The molecule has 0 radical (unpaired) electrons. The molecule has 3 rings (SSSR count). The molecule has 1 unspecified atom stereocenters. The zero-order valence-electron chi connectivity index (χ0n) is 27.6. The number of hydrogen-bond donors (Lipinski definition) is 0. The van der Waals surface area contributed by atoms with Crippen LogP contribution in [0.15, 0.2) is 70.9 Å². The fraction of sp³-hybridized carbons (Fsp3) is 0.543. The largest absolute Gasteiger partial charge is 0.0915 e. The molecule has 0 saturated heterocycles. The molecule has 0 amide bonds. The third kappa shape index (κ3) is 7.74. The van der Waals surface area contributed by atoms with Crippen molar-refractivity contribution in [1.29, 1.82) is 0 Å². The molecule has 1 atom stereocenters. The van der Waals surface area contributed by atoms with Crippen molar-refractivity contribution in [3.8, 4) is 0 Å². The van der Waals surface area contributed by atoms with E-state index >= 15 is 0 Å². The van der Waals surface area contributed by atoms with Gasteiger partial charge in [-0.25, -0.2) is 0 Å². The van der Waals surface area contributed by atoms with Gasteiger partial charge in [0.1, 0.15) is 0 Å². The molecule has 0 aromatic heterocycles. The van der Waals surface area contributed by atoms with E-state index < -0.39 is 24.1 Å². The van der Waals surface area contributed by atoms with Gasteiger partial charge in [-0.15, -0.1) is 0 Å². The van der Waals surface area contributed by atoms with Crippen LogP contribution in [0.2, 0.25) is 44.8 Å². The van der Waals surface area contributed by atoms with Crippen LogP contribution in [0.1, 0.15) is 52.7 Å². The molecular formula is C35H56P2Si2. The SMILES string of the molecule is Cc1ccccc1P(CC1=C(CP(C(C)(C)C)C(C)(C)C)C([Si](C)(C)C)C([Si](C)(C)C)=C1)c1ccccc1C. The lowest BCUT2D eigenvalue weighted by atomic mass is 10.2. The Morgan fingerprint density at radius 3 is 1.46 bits per heavy atom. The van der Waals surface area contributed by atoms with Crippen molar-refractivity contribution in [3.05, 3.63) is 82.1 Å². The van der Waals surface area contributed by atoms with Gasteiger partial charge in [0.2, 0.25) is 0 Å². The lowest BCUT2D eigenvalue weighted by Gasteiger charge is -2.45. The fourth-order valence-electron chi connectivity index (χ4n) is 6.57. The van der Waals surface area contributed by atoms with Crippen LogP contribution in [0.5, 0.6) is 0 Å². The molecular weight excluding hydrogens is 539 g/mol. The molecule has 0 nitrogen and oxygen atoms in total. The van der Waals surface area contributed by atoms with E-state index in [-0.39, 0.29) is 7.92 Å². The predicted molar refractivity (Wildman–Crippen MR) is 190 cm³/mol. The summed E-state index contributed by atoms with van der Waals surface area (Å²) in [6.07, 6.45) is 5.24. The normalized spacial score (nSPS) is 17.4. The first-order valence-electron chi connectivity index (χ1n) is 14.8. The molecule has 4 heteroatoms. The molecule has 39 heavy (non-hydrogen) atoms. The summed E-state index contributed by atoms with van der Waals surface area (Å²) in [6, 6.07) is 18.4. The van der Waals surface area contributed by atoms with E-state index in [1.807, 2.05) is 10.8 Å². The first-order chi connectivity index (χ1) is 17.7. The van der Waals surface area contributed by atoms with E-state index in [2.05, 4.69) is 149 Å². The van der Waals surface area contributed by atoms with Crippen molar-refractivity contribution in [1.82, 2.24) is 0 Å². The average molecular weight is 595 g/mol. The maximum Gasteiger partial charge on any atom is 0.0728 e. The monoisotopic (exact) mass is 594 g/mol. The van der Waals surface area contributed by atoms with Crippen LogP contribution >= 0.6 is 15.8 Å². The highest BCUT2D eigenvalue weighted by molar-refractivity contribution is 7.73. The molecule has 1 aliphatic rings. The van der Waals surface area contributed by atoms with Gasteiger partial charge in [0.05, 0.1) is 16.1 Å². The second kappa shape index (κ2) is 11.8. The lowest BCUT2D eigenvalue weighted by molar-refractivity contribution is 0.705. The number of benzene rings is 2. The standard InChI is InChI=1S/C35H56P2Si2/c1-26-19-15-17-21-30(26)36(31-22-18-16-20-27(31)2)24-28-23-32(38(9,10)11)33(39(12,13)14)29(28)25-37(34(3,4)5)35(6,7)8/h15-23,33H,24-25H2,1-14H3. The summed E-state index contributed by atoms with van der Waals surface area (Å²) < 4.78 is 0. The summed E-state index contributed by atoms with van der Waals surface area (Å²) >= 11 is 0. The number of hydrogen-bond acceptors (Lipinski definition) is 0. The average Bonchev–Trinajstić information content (AvgIpc) is 3.14. The lowest BCUT2D eigenvalue weighted by Crippen LogP contribution is -2.38. The second-order valence-electron chi connectivity index (χ2n) is 15.8. The Balaban J connectivity index is 2.30. The van der Waals surface area contributed by atoms with Crippen LogP contribution in [0.25, 0.3) is 0 Å². The van der Waals surface area contributed by atoms with E-state index in [1.54, 1.807) is 16.2 Å². The van der Waals surface area contributed by atoms with Crippen LogP contribution in [-0.4, -0.2) is 38.8 Å². The maximum absolute atomic E-state index is 2.77. The quantitative estimate of drug-likeness (QED) is 0.211. The predicted octanol–water partition coefficient (Wildman–Crippen LogP) is 10.6. The van der Waals surface area contributed by atoms with Crippen molar-refractivity contribution in [2.75, 3.05) is 12.3 Å². The summed E-state index contributed by atoms with van der Waals surface area (Å²) in [5.74, 6) is 0. The minimum atomic E-state index is -1.49. The Labute approximate surface area is 246 Å². The van der Waals surface area contributed by atoms with Gasteiger partial charge in [-0.05, 0) is 71.1 Å². The fourth-order valence-corrected chi connectivity index (χ4v) is 19.8. The van der Waals surface area contributed by atoms with Gasteiger partial charge in [-0.3, -0.25) is 0 Å². The summed E-state index contributed by atoms with van der Waals surface area (Å²) in [7, 11) is -3.67. The van der Waals surface area contributed by atoms with Crippen LogP contribution in [0.4, 0.5) is 0 Å². The van der Waals surface area contributed by atoms with Gasteiger partial charge < -0.3 is 0 Å². The highest BCUT2D eigenvalue weighted by Crippen LogP contribution is 2.63. The van der Waals surface area contributed by atoms with Crippen LogP contribution in [0, 0.1) is 13.8 Å². The third-order valence-electron chi connectivity index (χ3n) is 8.22. The first-order valence-corrected chi connectivity index (χ1v) is 25.0. The van der Waals surface area contributed by atoms with Crippen LogP contribution < -0.4 is 10.6 Å². The molecule has 1 aliphatic carbocycles. The third-order valence-corrected chi connectivity index (χ3v) is 19.8.